The minimum atomic E-state index is -0.242. The van der Waals surface area contributed by atoms with E-state index in [0.717, 1.165) is 31.9 Å². The number of nitrogens with one attached hydrogen (secondary N) is 1. The van der Waals surface area contributed by atoms with Crippen molar-refractivity contribution >= 4 is 28.3 Å². The molecule has 3 aromatic rings. The number of hydrogen-bond acceptors (Lipinski definition) is 3. The largest absolute Gasteiger partial charge is 0.490 e. The summed E-state index contributed by atoms with van der Waals surface area (Å²) in [6.45, 7) is 5.69. The highest BCUT2D eigenvalue weighted by molar-refractivity contribution is 14.1. The average molecular weight is 491 g/mol. The van der Waals surface area contributed by atoms with Crippen LogP contribution in [0, 0.1) is 16.3 Å². The van der Waals surface area contributed by atoms with Gasteiger partial charge in [0.15, 0.2) is 11.5 Å². The average Bonchev–Trinajstić information content (AvgIpc) is 2.68. The smallest absolute Gasteiger partial charge is 0.174 e. The molecule has 0 saturated carbocycles. The van der Waals surface area contributed by atoms with Crippen LogP contribution in [0.4, 0.5) is 10.1 Å². The van der Waals surface area contributed by atoms with E-state index in [-0.39, 0.29) is 5.82 Å². The first-order valence-corrected chi connectivity index (χ1v) is 10.3. The summed E-state index contributed by atoms with van der Waals surface area (Å²) in [4.78, 5) is 0. The molecule has 0 atom stereocenters. The number of aryl methyl sites for hydroxylation is 1. The Morgan fingerprint density at radius 2 is 1.64 bits per heavy atom. The molecule has 3 nitrogen and oxygen atoms in total. The van der Waals surface area contributed by atoms with Crippen LogP contribution < -0.4 is 14.8 Å². The Morgan fingerprint density at radius 3 is 2.32 bits per heavy atom. The van der Waals surface area contributed by atoms with Crippen molar-refractivity contribution in [3.05, 3.63) is 86.7 Å². The summed E-state index contributed by atoms with van der Waals surface area (Å²) in [7, 11) is 0. The normalized spacial score (nSPS) is 10.6. The minimum absolute atomic E-state index is 0.242. The Balaban J connectivity index is 1.73. The molecule has 0 saturated heterocycles. The first-order valence-electron chi connectivity index (χ1n) is 9.18. The van der Waals surface area contributed by atoms with Crippen LogP contribution in [-0.4, -0.2) is 6.61 Å². The first kappa shape index (κ1) is 20.5. The van der Waals surface area contributed by atoms with E-state index in [1.54, 1.807) is 12.1 Å². The lowest BCUT2D eigenvalue weighted by atomic mass is 10.1. The van der Waals surface area contributed by atoms with Gasteiger partial charge in [0.05, 0.1) is 10.2 Å². The predicted octanol–water partition coefficient (Wildman–Crippen LogP) is 6.33. The lowest BCUT2D eigenvalue weighted by molar-refractivity contribution is 0.267. The number of anilines is 1. The van der Waals surface area contributed by atoms with Gasteiger partial charge in [-0.3, -0.25) is 0 Å². The maximum absolute atomic E-state index is 13.0. The molecule has 0 aromatic heterocycles. The van der Waals surface area contributed by atoms with Gasteiger partial charge in [0.2, 0.25) is 0 Å². The molecule has 0 amide bonds. The second kappa shape index (κ2) is 9.78. The van der Waals surface area contributed by atoms with Gasteiger partial charge in [-0.2, -0.15) is 0 Å². The number of rotatable bonds is 8. The molecule has 0 aliphatic heterocycles. The van der Waals surface area contributed by atoms with E-state index in [2.05, 4.69) is 65.2 Å². The van der Waals surface area contributed by atoms with Crippen LogP contribution in [0.5, 0.6) is 11.5 Å². The molecule has 0 radical (unpaired) electrons. The lowest BCUT2D eigenvalue weighted by Crippen LogP contribution is -2.05. The molecule has 3 aromatic carbocycles. The predicted molar refractivity (Wildman–Crippen MR) is 120 cm³/mol. The fraction of sp³-hybridized carbons (Fsp3) is 0.217. The van der Waals surface area contributed by atoms with Crippen molar-refractivity contribution in [3.8, 4) is 11.5 Å². The summed E-state index contributed by atoms with van der Waals surface area (Å²) in [5, 5.41) is 3.30. The van der Waals surface area contributed by atoms with E-state index >= 15 is 0 Å². The minimum Gasteiger partial charge on any atom is -0.490 e. The summed E-state index contributed by atoms with van der Waals surface area (Å²) in [5.41, 5.74) is 4.28. The zero-order valence-corrected chi connectivity index (χ0v) is 18.1. The molecular weight excluding hydrogens is 468 g/mol. The van der Waals surface area contributed by atoms with Crippen molar-refractivity contribution in [2.75, 3.05) is 11.9 Å². The monoisotopic (exact) mass is 491 g/mol. The number of hydrogen-bond donors (Lipinski definition) is 1. The highest BCUT2D eigenvalue weighted by Gasteiger charge is 2.13. The molecule has 3 rings (SSSR count). The second-order valence-electron chi connectivity index (χ2n) is 6.47. The van der Waals surface area contributed by atoms with Crippen molar-refractivity contribution in [2.24, 2.45) is 0 Å². The van der Waals surface area contributed by atoms with E-state index in [1.807, 2.05) is 13.0 Å². The van der Waals surface area contributed by atoms with Crippen LogP contribution in [0.2, 0.25) is 0 Å². The fourth-order valence-electron chi connectivity index (χ4n) is 2.74. The summed E-state index contributed by atoms with van der Waals surface area (Å²) in [6.07, 6.45) is 0. The Hall–Kier alpha value is -2.28. The molecule has 0 unspecified atom stereocenters. The van der Waals surface area contributed by atoms with Crippen molar-refractivity contribution in [2.45, 2.75) is 27.0 Å². The number of halogens is 2. The van der Waals surface area contributed by atoms with Gasteiger partial charge in [0, 0.05) is 12.2 Å². The van der Waals surface area contributed by atoms with Crippen molar-refractivity contribution in [3.63, 3.8) is 0 Å². The van der Waals surface area contributed by atoms with Gasteiger partial charge in [0.1, 0.15) is 12.4 Å². The Morgan fingerprint density at radius 1 is 0.929 bits per heavy atom. The highest BCUT2D eigenvalue weighted by atomic mass is 127. The van der Waals surface area contributed by atoms with Gasteiger partial charge in [-0.25, -0.2) is 4.39 Å². The molecule has 5 heteroatoms. The third-order valence-electron chi connectivity index (χ3n) is 4.21. The topological polar surface area (TPSA) is 30.5 Å². The van der Waals surface area contributed by atoms with Crippen molar-refractivity contribution in [1.82, 2.24) is 0 Å². The van der Waals surface area contributed by atoms with Crippen molar-refractivity contribution in [1.29, 1.82) is 0 Å². The van der Waals surface area contributed by atoms with Gasteiger partial charge < -0.3 is 14.8 Å². The SMILES string of the molecule is CCOc1cc(CNc2ccc(F)cc2)cc(I)c1OCc1ccc(C)cc1. The summed E-state index contributed by atoms with van der Waals surface area (Å²) in [5.74, 6) is 1.25. The van der Waals surface area contributed by atoms with E-state index in [1.165, 1.54) is 17.7 Å². The maximum Gasteiger partial charge on any atom is 0.174 e. The molecule has 0 spiro atoms. The van der Waals surface area contributed by atoms with Crippen LogP contribution in [0.1, 0.15) is 23.6 Å². The lowest BCUT2D eigenvalue weighted by Gasteiger charge is -2.16. The fourth-order valence-corrected chi connectivity index (χ4v) is 3.56. The number of benzene rings is 3. The van der Waals surface area contributed by atoms with Gasteiger partial charge >= 0.3 is 0 Å². The standard InChI is InChI=1S/C23H23FINO2/c1-3-27-22-13-18(14-26-20-10-8-19(24)9-11-20)12-21(25)23(22)28-15-17-6-4-16(2)5-7-17/h4-13,26H,3,14-15H2,1-2H3. The van der Waals surface area contributed by atoms with E-state index in [0.29, 0.717) is 19.8 Å². The Labute approximate surface area is 179 Å². The van der Waals surface area contributed by atoms with Gasteiger partial charge in [-0.15, -0.1) is 0 Å². The summed E-state index contributed by atoms with van der Waals surface area (Å²) in [6, 6.07) is 18.7. The van der Waals surface area contributed by atoms with E-state index < -0.39 is 0 Å². The molecule has 0 aliphatic carbocycles. The van der Waals surface area contributed by atoms with Gasteiger partial charge in [-0.05, 0) is 84.0 Å². The zero-order chi connectivity index (χ0) is 19.9. The quantitative estimate of drug-likeness (QED) is 0.374. The van der Waals surface area contributed by atoms with Crippen LogP contribution in [0.25, 0.3) is 0 Å². The second-order valence-corrected chi connectivity index (χ2v) is 7.63. The maximum atomic E-state index is 13.0. The number of ether oxygens (including phenoxy) is 2. The summed E-state index contributed by atoms with van der Waals surface area (Å²) >= 11 is 2.28. The highest BCUT2D eigenvalue weighted by Crippen LogP contribution is 2.35. The molecule has 0 bridgehead atoms. The Bertz CT molecular complexity index is 911. The van der Waals surface area contributed by atoms with Crippen LogP contribution in [0.15, 0.2) is 60.7 Å². The molecule has 0 heterocycles. The van der Waals surface area contributed by atoms with Gasteiger partial charge in [-0.1, -0.05) is 29.8 Å². The van der Waals surface area contributed by atoms with Gasteiger partial charge in [0.25, 0.3) is 0 Å². The molecule has 146 valence electrons. The third kappa shape index (κ3) is 5.61. The molecular formula is C23H23FINO2. The Kier molecular flexibility index (Phi) is 7.14. The van der Waals surface area contributed by atoms with Crippen molar-refractivity contribution < 1.29 is 13.9 Å². The molecule has 0 aliphatic rings. The van der Waals surface area contributed by atoms with E-state index in [9.17, 15) is 4.39 Å². The van der Waals surface area contributed by atoms with Crippen LogP contribution in [0.3, 0.4) is 0 Å². The van der Waals surface area contributed by atoms with Crippen LogP contribution >= 0.6 is 22.6 Å². The first-order chi connectivity index (χ1) is 13.5. The van der Waals surface area contributed by atoms with E-state index in [4.69, 9.17) is 9.47 Å². The summed E-state index contributed by atoms with van der Waals surface area (Å²) < 4.78 is 25.9. The molecule has 1 N–H and O–H groups in total. The third-order valence-corrected chi connectivity index (χ3v) is 5.02. The zero-order valence-electron chi connectivity index (χ0n) is 16.0. The molecule has 28 heavy (non-hydrogen) atoms. The van der Waals surface area contributed by atoms with Crippen LogP contribution in [-0.2, 0) is 13.2 Å². The molecule has 0 fully saturated rings.